The van der Waals surface area contributed by atoms with E-state index in [0.717, 1.165) is 49.0 Å². The monoisotopic (exact) mass is 372 g/mol. The summed E-state index contributed by atoms with van der Waals surface area (Å²) in [6.07, 6.45) is 5.97. The maximum absolute atomic E-state index is 12.7. The fraction of sp³-hybridized carbons (Fsp3) is 0.400. The van der Waals surface area contributed by atoms with E-state index < -0.39 is 5.91 Å². The molecule has 1 aliphatic rings. The van der Waals surface area contributed by atoms with Crippen molar-refractivity contribution < 1.29 is 14.3 Å². The zero-order chi connectivity index (χ0) is 18.5. The molecule has 0 saturated carbocycles. The average Bonchev–Trinajstić information content (AvgIpc) is 3.00. The normalized spacial score (nSPS) is 13.1. The molecule has 2 amide bonds. The van der Waals surface area contributed by atoms with Gasteiger partial charge in [-0.15, -0.1) is 11.3 Å². The number of primary amides is 1. The fourth-order valence-corrected chi connectivity index (χ4v) is 4.44. The molecule has 0 atom stereocenters. The Morgan fingerprint density at radius 2 is 2.08 bits per heavy atom. The minimum Gasteiger partial charge on any atom is -0.494 e. The SMILES string of the molecule is CCCCOc1cccc(C(=O)Nc2sc3c(c2C(N)=O)CCCC3)c1. The predicted molar refractivity (Wildman–Crippen MR) is 104 cm³/mol. The molecular formula is C20H24N2O3S. The van der Waals surface area contributed by atoms with Gasteiger partial charge in [-0.05, 0) is 55.9 Å². The maximum Gasteiger partial charge on any atom is 0.256 e. The van der Waals surface area contributed by atoms with Gasteiger partial charge in [0.05, 0.1) is 12.2 Å². The molecule has 5 nitrogen and oxygen atoms in total. The van der Waals surface area contributed by atoms with Crippen LogP contribution in [-0.4, -0.2) is 18.4 Å². The largest absolute Gasteiger partial charge is 0.494 e. The van der Waals surface area contributed by atoms with Crippen LogP contribution >= 0.6 is 11.3 Å². The van der Waals surface area contributed by atoms with Crippen LogP contribution < -0.4 is 15.8 Å². The molecule has 0 bridgehead atoms. The number of unbranched alkanes of at least 4 members (excludes halogenated alkanes) is 1. The maximum atomic E-state index is 12.7. The van der Waals surface area contributed by atoms with Crippen LogP contribution in [0.15, 0.2) is 24.3 Å². The Morgan fingerprint density at radius 1 is 1.27 bits per heavy atom. The van der Waals surface area contributed by atoms with E-state index in [-0.39, 0.29) is 5.91 Å². The van der Waals surface area contributed by atoms with Gasteiger partial charge < -0.3 is 15.8 Å². The van der Waals surface area contributed by atoms with Crippen LogP contribution in [0.1, 0.15) is 63.8 Å². The van der Waals surface area contributed by atoms with E-state index in [4.69, 9.17) is 10.5 Å². The molecule has 0 spiro atoms. The predicted octanol–water partition coefficient (Wildman–Crippen LogP) is 4.16. The molecule has 0 radical (unpaired) electrons. The number of fused-ring (bicyclic) bond motifs is 1. The van der Waals surface area contributed by atoms with Crippen LogP contribution in [0.4, 0.5) is 5.00 Å². The molecule has 3 N–H and O–H groups in total. The van der Waals surface area contributed by atoms with Gasteiger partial charge in [-0.1, -0.05) is 19.4 Å². The number of amides is 2. The van der Waals surface area contributed by atoms with E-state index in [9.17, 15) is 9.59 Å². The van der Waals surface area contributed by atoms with E-state index in [1.54, 1.807) is 18.2 Å². The number of nitrogens with two attached hydrogens (primary N) is 1. The van der Waals surface area contributed by atoms with E-state index in [1.807, 2.05) is 6.07 Å². The van der Waals surface area contributed by atoms with Crippen molar-refractivity contribution in [1.82, 2.24) is 0 Å². The van der Waals surface area contributed by atoms with Crippen molar-refractivity contribution in [3.8, 4) is 5.75 Å². The zero-order valence-corrected chi connectivity index (χ0v) is 15.8. The lowest BCUT2D eigenvalue weighted by Crippen LogP contribution is -2.18. The number of rotatable bonds is 7. The number of carbonyl (C=O) groups is 2. The molecule has 26 heavy (non-hydrogen) atoms. The van der Waals surface area contributed by atoms with Gasteiger partial charge in [0.15, 0.2) is 0 Å². The minimum atomic E-state index is -0.476. The van der Waals surface area contributed by atoms with E-state index in [0.29, 0.717) is 28.5 Å². The first-order chi connectivity index (χ1) is 12.6. The van der Waals surface area contributed by atoms with Crippen molar-refractivity contribution in [3.63, 3.8) is 0 Å². The number of hydrogen-bond donors (Lipinski definition) is 2. The molecule has 0 unspecified atom stereocenters. The molecule has 0 saturated heterocycles. The Balaban J connectivity index is 1.79. The molecule has 3 rings (SSSR count). The Hall–Kier alpha value is -2.34. The summed E-state index contributed by atoms with van der Waals surface area (Å²) in [5, 5.41) is 3.44. The first kappa shape index (κ1) is 18.5. The number of aryl methyl sites for hydroxylation is 1. The summed E-state index contributed by atoms with van der Waals surface area (Å²) in [5.41, 5.74) is 7.58. The van der Waals surface area contributed by atoms with E-state index in [1.165, 1.54) is 11.3 Å². The molecule has 1 aromatic carbocycles. The lowest BCUT2D eigenvalue weighted by Gasteiger charge is -2.11. The lowest BCUT2D eigenvalue weighted by atomic mass is 9.95. The Labute approximate surface area is 157 Å². The smallest absolute Gasteiger partial charge is 0.256 e. The van der Waals surface area contributed by atoms with Crippen LogP contribution in [0.3, 0.4) is 0 Å². The molecule has 2 aromatic rings. The van der Waals surface area contributed by atoms with Gasteiger partial charge in [0.1, 0.15) is 10.8 Å². The topological polar surface area (TPSA) is 81.4 Å². The highest BCUT2D eigenvalue weighted by atomic mass is 32.1. The summed E-state index contributed by atoms with van der Waals surface area (Å²) in [7, 11) is 0. The molecule has 0 fully saturated rings. The highest BCUT2D eigenvalue weighted by molar-refractivity contribution is 7.17. The summed E-state index contributed by atoms with van der Waals surface area (Å²) in [6.45, 7) is 2.73. The number of thiophene rings is 1. The van der Waals surface area contributed by atoms with Crippen molar-refractivity contribution in [3.05, 3.63) is 45.8 Å². The molecule has 1 heterocycles. The summed E-state index contributed by atoms with van der Waals surface area (Å²) in [6, 6.07) is 7.09. The number of hydrogen-bond acceptors (Lipinski definition) is 4. The summed E-state index contributed by atoms with van der Waals surface area (Å²) < 4.78 is 5.66. The average molecular weight is 372 g/mol. The third-order valence-corrected chi connectivity index (χ3v) is 5.71. The van der Waals surface area contributed by atoms with Crippen LogP contribution in [0.5, 0.6) is 5.75 Å². The second kappa shape index (κ2) is 8.36. The first-order valence-corrected chi connectivity index (χ1v) is 9.90. The number of carbonyl (C=O) groups excluding carboxylic acids is 2. The van der Waals surface area contributed by atoms with Crippen molar-refractivity contribution >= 4 is 28.2 Å². The Kier molecular flexibility index (Phi) is 5.93. The quantitative estimate of drug-likeness (QED) is 0.716. The second-order valence-corrected chi connectivity index (χ2v) is 7.57. The number of ether oxygens (including phenoxy) is 1. The van der Waals surface area contributed by atoms with Gasteiger partial charge in [-0.25, -0.2) is 0 Å². The number of benzene rings is 1. The van der Waals surface area contributed by atoms with Gasteiger partial charge >= 0.3 is 0 Å². The highest BCUT2D eigenvalue weighted by Crippen LogP contribution is 2.38. The van der Waals surface area contributed by atoms with Crippen molar-refractivity contribution in [1.29, 1.82) is 0 Å². The van der Waals surface area contributed by atoms with Crippen LogP contribution in [0, 0.1) is 0 Å². The Morgan fingerprint density at radius 3 is 2.85 bits per heavy atom. The minimum absolute atomic E-state index is 0.257. The Bertz CT molecular complexity index is 813. The molecular weight excluding hydrogens is 348 g/mol. The van der Waals surface area contributed by atoms with Crippen molar-refractivity contribution in [2.75, 3.05) is 11.9 Å². The van der Waals surface area contributed by atoms with E-state index in [2.05, 4.69) is 12.2 Å². The van der Waals surface area contributed by atoms with Crippen LogP contribution in [0.25, 0.3) is 0 Å². The first-order valence-electron chi connectivity index (χ1n) is 9.08. The molecule has 1 aliphatic carbocycles. The molecule has 1 aromatic heterocycles. The van der Waals surface area contributed by atoms with Crippen molar-refractivity contribution in [2.24, 2.45) is 5.73 Å². The second-order valence-electron chi connectivity index (χ2n) is 6.46. The van der Waals surface area contributed by atoms with Crippen LogP contribution in [0.2, 0.25) is 0 Å². The zero-order valence-electron chi connectivity index (χ0n) is 15.0. The van der Waals surface area contributed by atoms with Crippen LogP contribution in [-0.2, 0) is 12.8 Å². The molecule has 6 heteroatoms. The standard InChI is InChI=1S/C20H24N2O3S/c1-2-3-11-25-14-8-6-7-13(12-14)19(24)22-20-17(18(21)23)15-9-4-5-10-16(15)26-20/h6-8,12H,2-5,9-11H2,1H3,(H2,21,23)(H,22,24). The summed E-state index contributed by atoms with van der Waals surface area (Å²) >= 11 is 1.47. The van der Waals surface area contributed by atoms with Gasteiger partial charge in [0.25, 0.3) is 11.8 Å². The molecule has 138 valence electrons. The van der Waals surface area contributed by atoms with Gasteiger partial charge in [-0.3, -0.25) is 9.59 Å². The summed E-state index contributed by atoms with van der Waals surface area (Å²) in [5.74, 6) is -0.0601. The number of nitrogens with one attached hydrogen (secondary N) is 1. The number of anilines is 1. The fourth-order valence-electron chi connectivity index (χ4n) is 3.15. The van der Waals surface area contributed by atoms with E-state index >= 15 is 0 Å². The lowest BCUT2D eigenvalue weighted by molar-refractivity contribution is 0.100. The van der Waals surface area contributed by atoms with Crippen molar-refractivity contribution in [2.45, 2.75) is 45.4 Å². The third-order valence-electron chi connectivity index (χ3n) is 4.51. The van der Waals surface area contributed by atoms with Gasteiger partial charge in [0.2, 0.25) is 0 Å². The third kappa shape index (κ3) is 4.07. The van der Waals surface area contributed by atoms with Gasteiger partial charge in [0, 0.05) is 10.4 Å². The van der Waals surface area contributed by atoms with Gasteiger partial charge in [-0.2, -0.15) is 0 Å². The summed E-state index contributed by atoms with van der Waals surface area (Å²) in [4.78, 5) is 25.8. The highest BCUT2D eigenvalue weighted by Gasteiger charge is 2.25. The molecule has 0 aliphatic heterocycles.